The molecule has 1 atom stereocenters. The number of anilines is 1. The van der Waals surface area contributed by atoms with Gasteiger partial charge in [-0.1, -0.05) is 29.8 Å². The Hall–Kier alpha value is -1.63. The summed E-state index contributed by atoms with van der Waals surface area (Å²) >= 11 is 11.5. The van der Waals surface area contributed by atoms with Crippen LogP contribution in [0.3, 0.4) is 0 Å². The van der Waals surface area contributed by atoms with Crippen LogP contribution in [-0.2, 0) is 11.3 Å². The van der Waals surface area contributed by atoms with Crippen LogP contribution in [0.2, 0.25) is 5.02 Å². The van der Waals surface area contributed by atoms with Crippen molar-refractivity contribution in [2.24, 2.45) is 0 Å². The van der Waals surface area contributed by atoms with Gasteiger partial charge in [0.25, 0.3) is 0 Å². The van der Waals surface area contributed by atoms with Crippen LogP contribution in [0.15, 0.2) is 36.5 Å². The molecule has 1 aliphatic heterocycles. The fourth-order valence-electron chi connectivity index (χ4n) is 2.49. The number of halogens is 1. The fourth-order valence-corrected chi connectivity index (χ4v) is 2.87. The number of rotatable bonds is 5. The van der Waals surface area contributed by atoms with E-state index in [4.69, 9.17) is 28.6 Å². The highest BCUT2D eigenvalue weighted by atomic mass is 35.5. The molecular weight excluding hydrogens is 332 g/mol. The Morgan fingerprint density at radius 3 is 3.04 bits per heavy atom. The second-order valence-electron chi connectivity index (χ2n) is 5.46. The van der Waals surface area contributed by atoms with Gasteiger partial charge < -0.3 is 15.4 Å². The molecule has 122 valence electrons. The molecule has 0 amide bonds. The lowest BCUT2D eigenvalue weighted by Gasteiger charge is -2.12. The Morgan fingerprint density at radius 2 is 2.26 bits per heavy atom. The molecule has 2 N–H and O–H groups in total. The molecule has 2 aromatic rings. The maximum Gasteiger partial charge on any atom is 0.172 e. The minimum atomic E-state index is 0.257. The van der Waals surface area contributed by atoms with Crippen LogP contribution in [0.25, 0.3) is 0 Å². The first-order valence-corrected chi connectivity index (χ1v) is 8.42. The van der Waals surface area contributed by atoms with Gasteiger partial charge in [0.15, 0.2) is 10.9 Å². The van der Waals surface area contributed by atoms with Crippen LogP contribution in [0, 0.1) is 0 Å². The molecule has 1 saturated heterocycles. The molecule has 1 fully saturated rings. The number of thiocarbonyl (C=S) groups is 1. The molecule has 1 aromatic carbocycles. The Labute approximate surface area is 146 Å². The average Bonchev–Trinajstić information content (AvgIpc) is 3.19. The minimum Gasteiger partial charge on any atom is -0.376 e. The second kappa shape index (κ2) is 7.77. The molecule has 23 heavy (non-hydrogen) atoms. The van der Waals surface area contributed by atoms with Gasteiger partial charge >= 0.3 is 0 Å². The van der Waals surface area contributed by atoms with E-state index >= 15 is 0 Å². The summed E-state index contributed by atoms with van der Waals surface area (Å²) in [6.45, 7) is 2.20. The first kappa shape index (κ1) is 16.2. The summed E-state index contributed by atoms with van der Waals surface area (Å²) in [5.41, 5.74) is 1.03. The van der Waals surface area contributed by atoms with Gasteiger partial charge in [-0.25, -0.2) is 0 Å². The van der Waals surface area contributed by atoms with Gasteiger partial charge in [-0.3, -0.25) is 4.68 Å². The first-order chi connectivity index (χ1) is 11.2. The third kappa shape index (κ3) is 4.67. The van der Waals surface area contributed by atoms with Crippen LogP contribution >= 0.6 is 23.8 Å². The molecule has 1 aliphatic rings. The monoisotopic (exact) mass is 350 g/mol. The molecule has 0 unspecified atom stereocenters. The Kier molecular flexibility index (Phi) is 5.48. The van der Waals surface area contributed by atoms with Crippen LogP contribution in [0.5, 0.6) is 0 Å². The van der Waals surface area contributed by atoms with E-state index in [9.17, 15) is 0 Å². The second-order valence-corrected chi connectivity index (χ2v) is 6.28. The van der Waals surface area contributed by atoms with Crippen LogP contribution < -0.4 is 10.6 Å². The van der Waals surface area contributed by atoms with Crippen molar-refractivity contribution in [3.8, 4) is 0 Å². The molecule has 2 heterocycles. The van der Waals surface area contributed by atoms with E-state index in [2.05, 4.69) is 15.7 Å². The van der Waals surface area contributed by atoms with Crippen molar-refractivity contribution in [1.82, 2.24) is 15.1 Å². The summed E-state index contributed by atoms with van der Waals surface area (Å²) in [6, 6.07) is 9.64. The van der Waals surface area contributed by atoms with Gasteiger partial charge in [0.2, 0.25) is 0 Å². The van der Waals surface area contributed by atoms with Crippen molar-refractivity contribution in [3.63, 3.8) is 0 Å². The minimum absolute atomic E-state index is 0.257. The third-order valence-electron chi connectivity index (χ3n) is 3.69. The Bertz CT molecular complexity index is 670. The molecule has 0 radical (unpaired) electrons. The molecule has 0 bridgehead atoms. The van der Waals surface area contributed by atoms with Gasteiger partial charge in [0.1, 0.15) is 0 Å². The highest BCUT2D eigenvalue weighted by molar-refractivity contribution is 7.80. The number of benzene rings is 1. The summed E-state index contributed by atoms with van der Waals surface area (Å²) < 4.78 is 7.38. The molecule has 0 spiro atoms. The lowest BCUT2D eigenvalue weighted by molar-refractivity contribution is 0.114. The van der Waals surface area contributed by atoms with Crippen molar-refractivity contribution >= 4 is 34.7 Å². The smallest absolute Gasteiger partial charge is 0.172 e. The number of nitrogens with one attached hydrogen (secondary N) is 2. The lowest BCUT2D eigenvalue weighted by atomic mass is 10.2. The van der Waals surface area contributed by atoms with Crippen LogP contribution in [0.1, 0.15) is 18.4 Å². The van der Waals surface area contributed by atoms with Gasteiger partial charge in [-0.2, -0.15) is 5.10 Å². The highest BCUT2D eigenvalue weighted by Gasteiger charge is 2.15. The summed E-state index contributed by atoms with van der Waals surface area (Å²) in [6.07, 6.45) is 4.36. The molecule has 0 aliphatic carbocycles. The van der Waals surface area contributed by atoms with Crippen LogP contribution in [-0.4, -0.2) is 34.1 Å². The standard InChI is InChI=1S/C16H19ClN4OS/c17-14-6-2-1-4-12(14)11-21-8-7-15(20-21)19-16(23)18-10-13-5-3-9-22-13/h1-2,4,6-8,13H,3,5,9-11H2,(H2,18,19,20,23)/t13-/m0/s1. The molecule has 1 aromatic heterocycles. The van der Waals surface area contributed by atoms with Crippen molar-refractivity contribution < 1.29 is 4.74 Å². The van der Waals surface area contributed by atoms with Crippen LogP contribution in [0.4, 0.5) is 5.82 Å². The quantitative estimate of drug-likeness (QED) is 0.812. The Morgan fingerprint density at radius 1 is 1.39 bits per heavy atom. The van der Waals surface area contributed by atoms with E-state index in [1.165, 1.54) is 0 Å². The highest BCUT2D eigenvalue weighted by Crippen LogP contribution is 2.16. The van der Waals surface area contributed by atoms with E-state index in [-0.39, 0.29) is 6.10 Å². The molecule has 7 heteroatoms. The van der Waals surface area contributed by atoms with Gasteiger partial charge in [-0.05, 0) is 36.7 Å². The van der Waals surface area contributed by atoms with E-state index in [0.29, 0.717) is 17.5 Å². The number of ether oxygens (including phenoxy) is 1. The zero-order chi connectivity index (χ0) is 16.1. The molecule has 3 rings (SSSR count). The predicted octanol–water partition coefficient (Wildman–Crippen LogP) is 3.05. The normalized spacial score (nSPS) is 17.2. The summed E-state index contributed by atoms with van der Waals surface area (Å²) in [5.74, 6) is 0.710. The maximum atomic E-state index is 6.17. The van der Waals surface area contributed by atoms with E-state index < -0.39 is 0 Å². The number of hydrogen-bond donors (Lipinski definition) is 2. The molecule has 5 nitrogen and oxygen atoms in total. The van der Waals surface area contributed by atoms with Gasteiger partial charge in [0, 0.05) is 30.4 Å². The maximum absolute atomic E-state index is 6.17. The molecule has 0 saturated carbocycles. The van der Waals surface area contributed by atoms with Crippen molar-refractivity contribution in [2.75, 3.05) is 18.5 Å². The largest absolute Gasteiger partial charge is 0.376 e. The zero-order valence-electron chi connectivity index (χ0n) is 12.7. The fraction of sp³-hybridized carbons (Fsp3) is 0.375. The van der Waals surface area contributed by atoms with E-state index in [0.717, 1.165) is 36.6 Å². The Balaban J connectivity index is 1.50. The van der Waals surface area contributed by atoms with Crippen molar-refractivity contribution in [3.05, 3.63) is 47.1 Å². The van der Waals surface area contributed by atoms with E-state index in [1.54, 1.807) is 0 Å². The number of aromatic nitrogens is 2. The predicted molar refractivity (Wildman–Crippen MR) is 96.0 cm³/mol. The van der Waals surface area contributed by atoms with Crippen molar-refractivity contribution in [2.45, 2.75) is 25.5 Å². The van der Waals surface area contributed by atoms with Gasteiger partial charge in [0.05, 0.1) is 12.6 Å². The van der Waals surface area contributed by atoms with E-state index in [1.807, 2.05) is 41.2 Å². The SMILES string of the molecule is S=C(NC[C@@H]1CCCO1)Nc1ccn(Cc2ccccc2Cl)n1. The zero-order valence-corrected chi connectivity index (χ0v) is 14.2. The topological polar surface area (TPSA) is 51.1 Å². The molecular formula is C16H19ClN4OS. The first-order valence-electron chi connectivity index (χ1n) is 7.64. The summed E-state index contributed by atoms with van der Waals surface area (Å²) in [5, 5.41) is 12.0. The number of nitrogens with zero attached hydrogens (tertiary/aromatic N) is 2. The average molecular weight is 351 g/mol. The van der Waals surface area contributed by atoms with Gasteiger partial charge in [-0.15, -0.1) is 0 Å². The lowest BCUT2D eigenvalue weighted by Crippen LogP contribution is -2.34. The number of hydrogen-bond acceptors (Lipinski definition) is 3. The summed E-state index contributed by atoms with van der Waals surface area (Å²) in [7, 11) is 0. The third-order valence-corrected chi connectivity index (χ3v) is 4.30. The summed E-state index contributed by atoms with van der Waals surface area (Å²) in [4.78, 5) is 0. The van der Waals surface area contributed by atoms with Crippen molar-refractivity contribution in [1.29, 1.82) is 0 Å².